The Kier molecular flexibility index (Phi) is 9.73. The summed E-state index contributed by atoms with van der Waals surface area (Å²) in [5.74, 6) is -8.96. The van der Waals surface area contributed by atoms with Gasteiger partial charge in [-0.15, -0.1) is 0 Å². The number of amides is 1. The second-order valence-corrected chi connectivity index (χ2v) is 7.27. The van der Waals surface area contributed by atoms with Gasteiger partial charge < -0.3 is 39.2 Å². The van der Waals surface area contributed by atoms with Crippen molar-refractivity contribution >= 4 is 35.8 Å². The summed E-state index contributed by atoms with van der Waals surface area (Å²) in [7, 11) is 0. The molecule has 1 heterocycles. The van der Waals surface area contributed by atoms with Gasteiger partial charge in [-0.05, 0) is 0 Å². The molecule has 14 heteroatoms. The first kappa shape index (κ1) is 27.8. The Labute approximate surface area is 188 Å². The third-order valence-electron chi connectivity index (χ3n) is 4.35. The average molecular weight is 477 g/mol. The summed E-state index contributed by atoms with van der Waals surface area (Å²) in [5, 5.41) is 22.5. The van der Waals surface area contributed by atoms with Crippen molar-refractivity contribution in [3.8, 4) is 0 Å². The number of ether oxygens (including phenoxy) is 5. The SMILES string of the molecule is CC(=O)N[C@H]1[C@H]([C@H](OC(C)=O)[C@@H](COC(C)=O)OC(C)=O)O[C@@](O)(C(=O)O)C[C@@H]1OC(C)=O. The number of aliphatic hydroxyl groups is 1. The van der Waals surface area contributed by atoms with Gasteiger partial charge in [-0.3, -0.25) is 24.0 Å². The van der Waals surface area contributed by atoms with E-state index in [0.717, 1.165) is 34.6 Å². The van der Waals surface area contributed by atoms with Crippen molar-refractivity contribution in [1.82, 2.24) is 5.32 Å². The van der Waals surface area contributed by atoms with Crippen molar-refractivity contribution in [1.29, 1.82) is 0 Å². The van der Waals surface area contributed by atoms with Crippen LogP contribution in [-0.2, 0) is 52.5 Å². The van der Waals surface area contributed by atoms with Gasteiger partial charge >= 0.3 is 29.8 Å². The molecule has 0 aromatic carbocycles. The molecule has 1 rings (SSSR count). The Morgan fingerprint density at radius 3 is 1.97 bits per heavy atom. The fourth-order valence-electron chi connectivity index (χ4n) is 3.26. The maximum Gasteiger partial charge on any atom is 0.364 e. The predicted octanol–water partition coefficient (Wildman–Crippen LogP) is -1.59. The van der Waals surface area contributed by atoms with Crippen molar-refractivity contribution in [2.75, 3.05) is 6.61 Å². The zero-order valence-electron chi connectivity index (χ0n) is 18.7. The summed E-state index contributed by atoms with van der Waals surface area (Å²) in [5.41, 5.74) is 0. The topological polar surface area (TPSA) is 201 Å². The van der Waals surface area contributed by atoms with Crippen LogP contribution in [0.15, 0.2) is 0 Å². The third-order valence-corrected chi connectivity index (χ3v) is 4.35. The van der Waals surface area contributed by atoms with Gasteiger partial charge in [-0.25, -0.2) is 4.79 Å². The summed E-state index contributed by atoms with van der Waals surface area (Å²) in [6.45, 7) is 4.51. The van der Waals surface area contributed by atoms with E-state index in [-0.39, 0.29) is 0 Å². The molecule has 1 fully saturated rings. The zero-order valence-corrected chi connectivity index (χ0v) is 18.7. The van der Waals surface area contributed by atoms with E-state index < -0.39 is 85.0 Å². The normalized spacial score (nSPS) is 26.2. The Morgan fingerprint density at radius 2 is 1.55 bits per heavy atom. The van der Waals surface area contributed by atoms with E-state index in [1.807, 2.05) is 0 Å². The monoisotopic (exact) mass is 477 g/mol. The molecule has 186 valence electrons. The quantitative estimate of drug-likeness (QED) is 0.254. The van der Waals surface area contributed by atoms with Crippen molar-refractivity contribution in [3.63, 3.8) is 0 Å². The van der Waals surface area contributed by atoms with Crippen LogP contribution in [0.2, 0.25) is 0 Å². The Balaban J connectivity index is 3.60. The number of carboxylic acids is 1. The fraction of sp³-hybridized carbons (Fsp3) is 0.684. The van der Waals surface area contributed by atoms with Crippen LogP contribution in [0, 0.1) is 0 Å². The molecule has 0 bridgehead atoms. The molecule has 1 aliphatic rings. The molecule has 0 saturated carbocycles. The van der Waals surface area contributed by atoms with E-state index in [1.54, 1.807) is 0 Å². The molecule has 0 aromatic heterocycles. The van der Waals surface area contributed by atoms with Crippen LogP contribution >= 0.6 is 0 Å². The minimum atomic E-state index is -2.94. The van der Waals surface area contributed by atoms with Gasteiger partial charge in [-0.2, -0.15) is 0 Å². The lowest BCUT2D eigenvalue weighted by Crippen LogP contribution is -2.68. The number of nitrogens with one attached hydrogen (secondary N) is 1. The lowest BCUT2D eigenvalue weighted by Gasteiger charge is -2.46. The van der Waals surface area contributed by atoms with Crippen LogP contribution in [0.5, 0.6) is 0 Å². The fourth-order valence-corrected chi connectivity index (χ4v) is 3.26. The lowest BCUT2D eigenvalue weighted by molar-refractivity contribution is -0.298. The summed E-state index contributed by atoms with van der Waals surface area (Å²) < 4.78 is 25.6. The molecule has 3 N–H and O–H groups in total. The lowest BCUT2D eigenvalue weighted by atomic mass is 9.88. The Bertz CT molecular complexity index is 797. The van der Waals surface area contributed by atoms with E-state index in [0.29, 0.717) is 0 Å². The molecule has 0 spiro atoms. The molecular formula is C19H27NO13. The highest BCUT2D eigenvalue weighted by molar-refractivity contribution is 5.76. The van der Waals surface area contributed by atoms with Gasteiger partial charge in [0.05, 0.1) is 12.5 Å². The standard InChI is InChI=1S/C19H27NO13/c1-8(21)20-15-13(30-10(3)23)6-19(28,18(26)27)33-17(15)16(32-12(5)25)14(31-11(4)24)7-29-9(2)22/h13-17,28H,6-7H2,1-5H3,(H,20,21)(H,26,27)/t13-,14+,15+,16+,17+,19+/m0/s1. The van der Waals surface area contributed by atoms with E-state index in [1.165, 1.54) is 0 Å². The van der Waals surface area contributed by atoms with E-state index in [9.17, 15) is 39.0 Å². The number of hydrogen-bond acceptors (Lipinski definition) is 12. The van der Waals surface area contributed by atoms with Gasteiger partial charge in [-0.1, -0.05) is 0 Å². The average Bonchev–Trinajstić information content (AvgIpc) is 2.64. The highest BCUT2D eigenvalue weighted by Crippen LogP contribution is 2.34. The number of carboxylic acid groups (broad SMARTS) is 1. The van der Waals surface area contributed by atoms with Gasteiger partial charge in [0.2, 0.25) is 5.91 Å². The first-order valence-electron chi connectivity index (χ1n) is 9.72. The third kappa shape index (κ3) is 8.31. The van der Waals surface area contributed by atoms with Gasteiger partial charge in [0.25, 0.3) is 5.79 Å². The van der Waals surface area contributed by atoms with Crippen LogP contribution in [0.25, 0.3) is 0 Å². The molecule has 33 heavy (non-hydrogen) atoms. The molecule has 0 aromatic rings. The van der Waals surface area contributed by atoms with Gasteiger partial charge in [0.1, 0.15) is 18.8 Å². The largest absolute Gasteiger partial charge is 0.477 e. The highest BCUT2D eigenvalue weighted by atomic mass is 16.7. The van der Waals surface area contributed by atoms with Gasteiger partial charge in [0, 0.05) is 34.6 Å². The smallest absolute Gasteiger partial charge is 0.364 e. The summed E-state index contributed by atoms with van der Waals surface area (Å²) >= 11 is 0. The predicted molar refractivity (Wildman–Crippen MR) is 103 cm³/mol. The maximum absolute atomic E-state index is 11.8. The second-order valence-electron chi connectivity index (χ2n) is 7.27. The first-order valence-corrected chi connectivity index (χ1v) is 9.72. The van der Waals surface area contributed by atoms with Crippen molar-refractivity contribution in [2.24, 2.45) is 0 Å². The van der Waals surface area contributed by atoms with E-state index in [4.69, 9.17) is 23.7 Å². The molecule has 1 amide bonds. The van der Waals surface area contributed by atoms with Crippen molar-refractivity contribution in [3.05, 3.63) is 0 Å². The summed E-state index contributed by atoms with van der Waals surface area (Å²) in [6, 6.07) is -1.37. The van der Waals surface area contributed by atoms with Crippen LogP contribution in [-0.4, -0.2) is 88.8 Å². The number of rotatable bonds is 9. The van der Waals surface area contributed by atoms with Crippen LogP contribution in [0.3, 0.4) is 0 Å². The Hall–Kier alpha value is -3.26. The minimum absolute atomic E-state index is 0.650. The second kappa shape index (κ2) is 11.6. The van der Waals surface area contributed by atoms with E-state index >= 15 is 0 Å². The molecule has 0 unspecified atom stereocenters. The minimum Gasteiger partial charge on any atom is -0.477 e. The first-order chi connectivity index (χ1) is 15.2. The van der Waals surface area contributed by atoms with Crippen LogP contribution in [0.1, 0.15) is 41.0 Å². The van der Waals surface area contributed by atoms with Crippen LogP contribution < -0.4 is 5.32 Å². The molecule has 14 nitrogen and oxygen atoms in total. The molecular weight excluding hydrogens is 450 g/mol. The Morgan fingerprint density at radius 1 is 0.970 bits per heavy atom. The molecule has 1 saturated heterocycles. The van der Waals surface area contributed by atoms with E-state index in [2.05, 4.69) is 5.32 Å². The number of hydrogen-bond donors (Lipinski definition) is 3. The number of esters is 4. The summed E-state index contributed by atoms with van der Waals surface area (Å²) in [4.78, 5) is 70.0. The molecule has 1 aliphatic heterocycles. The van der Waals surface area contributed by atoms with Gasteiger partial charge in [0.15, 0.2) is 12.2 Å². The number of carbonyl (C=O) groups excluding carboxylic acids is 5. The number of aliphatic carboxylic acids is 1. The van der Waals surface area contributed by atoms with Crippen molar-refractivity contribution < 1.29 is 62.7 Å². The molecule has 0 aliphatic carbocycles. The number of carbonyl (C=O) groups is 6. The molecule has 0 radical (unpaired) electrons. The highest BCUT2D eigenvalue weighted by Gasteiger charge is 2.57. The molecule has 6 atom stereocenters. The maximum atomic E-state index is 11.8. The zero-order chi connectivity index (χ0) is 25.5. The van der Waals surface area contributed by atoms with Crippen LogP contribution in [0.4, 0.5) is 0 Å². The van der Waals surface area contributed by atoms with Crippen molar-refractivity contribution in [2.45, 2.75) is 77.3 Å². The summed E-state index contributed by atoms with van der Waals surface area (Å²) in [6.07, 6.45) is -7.26.